The lowest BCUT2D eigenvalue weighted by molar-refractivity contribution is -0.385. The molecule has 0 saturated heterocycles. The predicted octanol–water partition coefficient (Wildman–Crippen LogP) is 2.74. The zero-order valence-electron chi connectivity index (χ0n) is 9.31. The number of esters is 1. The van der Waals surface area contributed by atoms with E-state index < -0.39 is 4.92 Å². The van der Waals surface area contributed by atoms with Crippen molar-refractivity contribution in [1.29, 1.82) is 0 Å². The Labute approximate surface area is 103 Å². The summed E-state index contributed by atoms with van der Waals surface area (Å²) in [6, 6.07) is 4.29. The number of nitro groups is 1. The number of hydrogen-bond donors (Lipinski definition) is 0. The molecule has 0 aromatic heterocycles. The van der Waals surface area contributed by atoms with E-state index in [0.717, 1.165) is 0 Å². The molecular weight excluding hydrogens is 246 g/mol. The van der Waals surface area contributed by atoms with Gasteiger partial charge in [0.1, 0.15) is 0 Å². The fourth-order valence-corrected chi connectivity index (χ4v) is 1.60. The number of nitro benzene ring substituents is 1. The number of aryl methyl sites for hydroxylation is 1. The molecule has 1 aromatic rings. The predicted molar refractivity (Wildman–Crippen MR) is 63.1 cm³/mol. The van der Waals surface area contributed by atoms with E-state index in [-0.39, 0.29) is 24.5 Å². The van der Waals surface area contributed by atoms with Gasteiger partial charge in [0.2, 0.25) is 0 Å². The van der Waals surface area contributed by atoms with Crippen LogP contribution in [0, 0.1) is 10.1 Å². The third-order valence-corrected chi connectivity index (χ3v) is 2.38. The van der Waals surface area contributed by atoms with E-state index in [0.29, 0.717) is 17.2 Å². The van der Waals surface area contributed by atoms with Crippen molar-refractivity contribution in [3.63, 3.8) is 0 Å². The topological polar surface area (TPSA) is 69.4 Å². The van der Waals surface area contributed by atoms with Crippen LogP contribution < -0.4 is 0 Å². The zero-order chi connectivity index (χ0) is 12.8. The van der Waals surface area contributed by atoms with Crippen LogP contribution in [0.4, 0.5) is 5.69 Å². The molecule has 0 spiro atoms. The molecule has 17 heavy (non-hydrogen) atoms. The molecule has 1 aromatic carbocycles. The summed E-state index contributed by atoms with van der Waals surface area (Å²) in [4.78, 5) is 21.4. The first-order valence-electron chi connectivity index (χ1n) is 5.13. The van der Waals surface area contributed by atoms with Crippen LogP contribution in [0.15, 0.2) is 18.2 Å². The number of rotatable bonds is 5. The van der Waals surface area contributed by atoms with E-state index in [9.17, 15) is 14.9 Å². The Morgan fingerprint density at radius 3 is 2.82 bits per heavy atom. The summed E-state index contributed by atoms with van der Waals surface area (Å²) in [5.41, 5.74) is 0.411. The van der Waals surface area contributed by atoms with Crippen molar-refractivity contribution in [2.75, 3.05) is 6.61 Å². The quantitative estimate of drug-likeness (QED) is 0.462. The molecule has 0 aliphatic heterocycles. The lowest BCUT2D eigenvalue weighted by Gasteiger charge is -2.03. The largest absolute Gasteiger partial charge is 0.466 e. The molecule has 0 unspecified atom stereocenters. The normalized spacial score (nSPS) is 10.0. The maximum absolute atomic E-state index is 11.2. The first-order valence-corrected chi connectivity index (χ1v) is 5.50. The number of ether oxygens (including phenoxy) is 1. The van der Waals surface area contributed by atoms with E-state index in [4.69, 9.17) is 16.3 Å². The SMILES string of the molecule is CCOC(=O)CCc1cc(Cl)ccc1[N+](=O)[O-]. The van der Waals surface area contributed by atoms with Gasteiger partial charge in [-0.05, 0) is 25.5 Å². The van der Waals surface area contributed by atoms with E-state index in [1.165, 1.54) is 18.2 Å². The lowest BCUT2D eigenvalue weighted by atomic mass is 10.1. The van der Waals surface area contributed by atoms with E-state index in [2.05, 4.69) is 0 Å². The molecule has 5 nitrogen and oxygen atoms in total. The van der Waals surface area contributed by atoms with Crippen molar-refractivity contribution in [3.05, 3.63) is 38.9 Å². The van der Waals surface area contributed by atoms with Crippen LogP contribution in [0.3, 0.4) is 0 Å². The maximum Gasteiger partial charge on any atom is 0.306 e. The molecule has 0 fully saturated rings. The van der Waals surface area contributed by atoms with Gasteiger partial charge in [-0.3, -0.25) is 14.9 Å². The van der Waals surface area contributed by atoms with Crippen molar-refractivity contribution >= 4 is 23.3 Å². The molecule has 0 N–H and O–H groups in total. The summed E-state index contributed by atoms with van der Waals surface area (Å²) in [5.74, 6) is -0.373. The van der Waals surface area contributed by atoms with Gasteiger partial charge in [0.15, 0.2) is 0 Å². The summed E-state index contributed by atoms with van der Waals surface area (Å²) < 4.78 is 4.75. The highest BCUT2D eigenvalue weighted by Gasteiger charge is 2.15. The van der Waals surface area contributed by atoms with Crippen LogP contribution in [-0.2, 0) is 16.0 Å². The Balaban J connectivity index is 2.78. The highest BCUT2D eigenvalue weighted by Crippen LogP contribution is 2.23. The van der Waals surface area contributed by atoms with Gasteiger partial charge in [-0.2, -0.15) is 0 Å². The average Bonchev–Trinajstić information content (AvgIpc) is 2.26. The summed E-state index contributed by atoms with van der Waals surface area (Å²) in [7, 11) is 0. The van der Waals surface area contributed by atoms with E-state index in [1.807, 2.05) is 0 Å². The standard InChI is InChI=1S/C11H12ClNO4/c1-2-17-11(14)6-3-8-7-9(12)4-5-10(8)13(15)16/h4-5,7H,2-3,6H2,1H3. The summed E-state index contributed by atoms with van der Waals surface area (Å²) in [5, 5.41) is 11.2. The van der Waals surface area contributed by atoms with Gasteiger partial charge in [-0.15, -0.1) is 0 Å². The van der Waals surface area contributed by atoms with Crippen LogP contribution in [0.2, 0.25) is 5.02 Å². The third-order valence-electron chi connectivity index (χ3n) is 2.14. The van der Waals surface area contributed by atoms with Crippen molar-refractivity contribution in [1.82, 2.24) is 0 Å². The van der Waals surface area contributed by atoms with Crippen LogP contribution in [0.1, 0.15) is 18.9 Å². The second-order valence-electron chi connectivity index (χ2n) is 3.34. The molecule has 92 valence electrons. The number of halogens is 1. The lowest BCUT2D eigenvalue weighted by Crippen LogP contribution is -2.06. The van der Waals surface area contributed by atoms with Crippen molar-refractivity contribution < 1.29 is 14.5 Å². The fourth-order valence-electron chi connectivity index (χ4n) is 1.40. The molecule has 0 saturated carbocycles. The molecule has 0 heterocycles. The minimum atomic E-state index is -0.489. The average molecular weight is 258 g/mol. The van der Waals surface area contributed by atoms with Crippen LogP contribution in [-0.4, -0.2) is 17.5 Å². The van der Waals surface area contributed by atoms with Gasteiger partial charge in [0, 0.05) is 23.1 Å². The molecule has 0 aliphatic rings. The smallest absolute Gasteiger partial charge is 0.306 e. The van der Waals surface area contributed by atoms with Crippen LogP contribution in [0.5, 0.6) is 0 Å². The maximum atomic E-state index is 11.2. The van der Waals surface area contributed by atoms with Crippen LogP contribution in [0.25, 0.3) is 0 Å². The van der Waals surface area contributed by atoms with E-state index >= 15 is 0 Å². The molecule has 0 amide bonds. The Kier molecular flexibility index (Phi) is 4.90. The minimum Gasteiger partial charge on any atom is -0.466 e. The van der Waals surface area contributed by atoms with Gasteiger partial charge in [0.25, 0.3) is 5.69 Å². The first kappa shape index (κ1) is 13.4. The summed E-state index contributed by atoms with van der Waals surface area (Å²) in [6.07, 6.45) is 0.352. The number of carbonyl (C=O) groups is 1. The highest BCUT2D eigenvalue weighted by molar-refractivity contribution is 6.30. The molecule has 0 bridgehead atoms. The second kappa shape index (κ2) is 6.20. The second-order valence-corrected chi connectivity index (χ2v) is 3.77. The number of hydrogen-bond acceptors (Lipinski definition) is 4. The number of carbonyl (C=O) groups excluding carboxylic acids is 1. The Morgan fingerprint density at radius 1 is 1.53 bits per heavy atom. The molecule has 6 heteroatoms. The first-order chi connectivity index (χ1) is 8.04. The van der Waals surface area contributed by atoms with E-state index in [1.54, 1.807) is 6.92 Å². The van der Waals surface area contributed by atoms with Crippen molar-refractivity contribution in [2.45, 2.75) is 19.8 Å². The Morgan fingerprint density at radius 2 is 2.24 bits per heavy atom. The monoisotopic (exact) mass is 257 g/mol. The minimum absolute atomic E-state index is 0.0290. The molecular formula is C11H12ClNO4. The number of nitrogens with zero attached hydrogens (tertiary/aromatic N) is 1. The van der Waals surface area contributed by atoms with Gasteiger partial charge in [-0.25, -0.2) is 0 Å². The molecule has 0 aliphatic carbocycles. The molecule has 1 rings (SSSR count). The molecule has 0 radical (unpaired) electrons. The Hall–Kier alpha value is -1.62. The summed E-state index contributed by atoms with van der Waals surface area (Å²) >= 11 is 5.76. The Bertz CT molecular complexity index is 433. The zero-order valence-corrected chi connectivity index (χ0v) is 10.1. The van der Waals surface area contributed by atoms with Crippen LogP contribution >= 0.6 is 11.6 Å². The number of benzene rings is 1. The third kappa shape index (κ3) is 4.03. The molecule has 0 atom stereocenters. The van der Waals surface area contributed by atoms with Gasteiger partial charge >= 0.3 is 5.97 Å². The highest BCUT2D eigenvalue weighted by atomic mass is 35.5. The summed E-state index contributed by atoms with van der Waals surface area (Å²) in [6.45, 7) is 2.01. The van der Waals surface area contributed by atoms with Gasteiger partial charge in [0.05, 0.1) is 11.5 Å². The van der Waals surface area contributed by atoms with Gasteiger partial charge < -0.3 is 4.74 Å². The fraction of sp³-hybridized carbons (Fsp3) is 0.364. The van der Waals surface area contributed by atoms with Crippen molar-refractivity contribution in [3.8, 4) is 0 Å². The van der Waals surface area contributed by atoms with Gasteiger partial charge in [-0.1, -0.05) is 11.6 Å². The van der Waals surface area contributed by atoms with Crippen molar-refractivity contribution in [2.24, 2.45) is 0 Å².